The monoisotopic (exact) mass is 326 g/mol. The molecule has 1 fully saturated rings. The van der Waals surface area contributed by atoms with E-state index in [1.54, 1.807) is 0 Å². The number of nitrogens with one attached hydrogen (secondary N) is 2. The van der Waals surface area contributed by atoms with Crippen LogP contribution in [0.5, 0.6) is 11.5 Å². The van der Waals surface area contributed by atoms with E-state index in [4.69, 9.17) is 9.47 Å². The van der Waals surface area contributed by atoms with Crippen LogP contribution in [-0.4, -0.2) is 32.2 Å². The van der Waals surface area contributed by atoms with Crippen LogP contribution in [0.4, 0.5) is 0 Å². The number of carbonyl (C=O) groups is 1. The molecule has 1 amide bonds. The molecule has 2 N–H and O–H groups in total. The van der Waals surface area contributed by atoms with E-state index >= 15 is 0 Å². The molecule has 5 nitrogen and oxygen atoms in total. The number of halogens is 1. The molecule has 1 saturated heterocycles. The summed E-state index contributed by atoms with van der Waals surface area (Å²) < 4.78 is 11.3. The predicted molar refractivity (Wildman–Crippen MR) is 86.7 cm³/mol. The van der Waals surface area contributed by atoms with Crippen molar-refractivity contribution in [2.24, 2.45) is 11.8 Å². The third-order valence-corrected chi connectivity index (χ3v) is 4.21. The van der Waals surface area contributed by atoms with Crippen molar-refractivity contribution in [1.82, 2.24) is 10.6 Å². The van der Waals surface area contributed by atoms with Gasteiger partial charge in [-0.2, -0.15) is 0 Å². The Kier molecular flexibility index (Phi) is 5.91. The average molecular weight is 327 g/mol. The molecule has 0 spiro atoms. The van der Waals surface area contributed by atoms with Gasteiger partial charge < -0.3 is 20.1 Å². The highest BCUT2D eigenvalue weighted by Crippen LogP contribution is 2.30. The number of fused-ring (bicyclic) bond motifs is 1. The van der Waals surface area contributed by atoms with Gasteiger partial charge in [-0.15, -0.1) is 12.4 Å². The first-order chi connectivity index (χ1) is 10.2. The minimum Gasteiger partial charge on any atom is -0.490 e. The zero-order valence-electron chi connectivity index (χ0n) is 12.8. The molecule has 1 aromatic rings. The van der Waals surface area contributed by atoms with Crippen molar-refractivity contribution in [3.8, 4) is 11.5 Å². The Hall–Kier alpha value is -1.46. The van der Waals surface area contributed by atoms with E-state index in [2.05, 4.69) is 10.6 Å². The minimum absolute atomic E-state index is 0. The lowest BCUT2D eigenvalue weighted by Crippen LogP contribution is -2.49. The van der Waals surface area contributed by atoms with Crippen LogP contribution in [0.1, 0.15) is 18.9 Å². The standard InChI is InChI=1S/C16H22N2O3.ClH/c1-11(13-9-17-10-13)16(19)18-8-12-3-4-14-15(7-12)21-6-2-5-20-14;/h3-4,7,11,13,17H,2,5-6,8-10H2,1H3,(H,18,19);1H. The maximum atomic E-state index is 12.1. The van der Waals surface area contributed by atoms with Gasteiger partial charge in [0.05, 0.1) is 13.2 Å². The summed E-state index contributed by atoms with van der Waals surface area (Å²) in [5, 5.41) is 6.21. The third kappa shape index (κ3) is 3.84. The number of hydrogen-bond donors (Lipinski definition) is 2. The molecule has 1 unspecified atom stereocenters. The van der Waals surface area contributed by atoms with Gasteiger partial charge in [0.2, 0.25) is 5.91 Å². The molecule has 0 aromatic heterocycles. The maximum Gasteiger partial charge on any atom is 0.223 e. The van der Waals surface area contributed by atoms with Gasteiger partial charge in [-0.05, 0) is 36.7 Å². The van der Waals surface area contributed by atoms with E-state index in [1.165, 1.54) is 0 Å². The highest BCUT2D eigenvalue weighted by molar-refractivity contribution is 5.85. The number of benzene rings is 1. The van der Waals surface area contributed by atoms with Crippen LogP contribution in [-0.2, 0) is 11.3 Å². The fraction of sp³-hybridized carbons (Fsp3) is 0.562. The van der Waals surface area contributed by atoms with Crippen molar-refractivity contribution in [3.05, 3.63) is 23.8 Å². The van der Waals surface area contributed by atoms with Crippen LogP contribution in [0.15, 0.2) is 18.2 Å². The van der Waals surface area contributed by atoms with Gasteiger partial charge in [0.25, 0.3) is 0 Å². The lowest BCUT2D eigenvalue weighted by atomic mass is 9.88. The van der Waals surface area contributed by atoms with Gasteiger partial charge in [0.1, 0.15) is 0 Å². The predicted octanol–water partition coefficient (Wildman–Crippen LogP) is 1.74. The summed E-state index contributed by atoms with van der Waals surface area (Å²) in [6.45, 7) is 5.77. The first kappa shape index (κ1) is 16.9. The fourth-order valence-corrected chi connectivity index (χ4v) is 2.55. The van der Waals surface area contributed by atoms with E-state index in [0.29, 0.717) is 25.7 Å². The Labute approximate surface area is 137 Å². The van der Waals surface area contributed by atoms with E-state index < -0.39 is 0 Å². The second-order valence-electron chi connectivity index (χ2n) is 5.76. The van der Waals surface area contributed by atoms with Crippen molar-refractivity contribution in [1.29, 1.82) is 0 Å². The van der Waals surface area contributed by atoms with E-state index in [1.807, 2.05) is 25.1 Å². The van der Waals surface area contributed by atoms with Gasteiger partial charge in [0, 0.05) is 18.9 Å². The zero-order valence-corrected chi connectivity index (χ0v) is 13.6. The number of amides is 1. The van der Waals surface area contributed by atoms with Gasteiger partial charge in [-0.3, -0.25) is 4.79 Å². The third-order valence-electron chi connectivity index (χ3n) is 4.21. The first-order valence-corrected chi connectivity index (χ1v) is 7.61. The molecule has 0 bridgehead atoms. The fourth-order valence-electron chi connectivity index (χ4n) is 2.55. The molecule has 2 heterocycles. The molecular formula is C16H23ClN2O3. The Morgan fingerprint density at radius 3 is 2.73 bits per heavy atom. The molecule has 22 heavy (non-hydrogen) atoms. The molecule has 2 aliphatic rings. The molecule has 0 radical (unpaired) electrons. The normalized spacial score (nSPS) is 18.4. The number of ether oxygens (including phenoxy) is 2. The maximum absolute atomic E-state index is 12.1. The van der Waals surface area contributed by atoms with Crippen LogP contribution in [0.25, 0.3) is 0 Å². The summed E-state index contributed by atoms with van der Waals surface area (Å²) >= 11 is 0. The van der Waals surface area contributed by atoms with Crippen molar-refractivity contribution in [2.75, 3.05) is 26.3 Å². The number of rotatable bonds is 4. The molecule has 1 atom stereocenters. The molecule has 2 aliphatic heterocycles. The number of carbonyl (C=O) groups excluding carboxylic acids is 1. The summed E-state index contributed by atoms with van der Waals surface area (Å²) in [7, 11) is 0. The highest BCUT2D eigenvalue weighted by atomic mass is 35.5. The van der Waals surface area contributed by atoms with Crippen LogP contribution in [0.3, 0.4) is 0 Å². The van der Waals surface area contributed by atoms with Crippen LogP contribution < -0.4 is 20.1 Å². The van der Waals surface area contributed by atoms with E-state index in [-0.39, 0.29) is 24.2 Å². The SMILES string of the molecule is CC(C(=O)NCc1ccc2c(c1)OCCCO2)C1CNC1.Cl. The summed E-state index contributed by atoms with van der Waals surface area (Å²) in [4.78, 5) is 12.1. The lowest BCUT2D eigenvalue weighted by Gasteiger charge is -2.31. The van der Waals surface area contributed by atoms with Crippen LogP contribution in [0.2, 0.25) is 0 Å². The molecule has 0 saturated carbocycles. The summed E-state index contributed by atoms with van der Waals surface area (Å²) in [6.07, 6.45) is 0.897. The molecule has 122 valence electrons. The summed E-state index contributed by atoms with van der Waals surface area (Å²) in [5.41, 5.74) is 1.03. The lowest BCUT2D eigenvalue weighted by molar-refractivity contribution is -0.126. The minimum atomic E-state index is 0. The highest BCUT2D eigenvalue weighted by Gasteiger charge is 2.28. The topological polar surface area (TPSA) is 59.6 Å². The van der Waals surface area contributed by atoms with Crippen molar-refractivity contribution < 1.29 is 14.3 Å². The van der Waals surface area contributed by atoms with Crippen molar-refractivity contribution >= 4 is 18.3 Å². The second kappa shape index (κ2) is 7.70. The van der Waals surface area contributed by atoms with Gasteiger partial charge >= 0.3 is 0 Å². The molecule has 0 aliphatic carbocycles. The summed E-state index contributed by atoms with van der Waals surface area (Å²) in [5.74, 6) is 2.21. The number of hydrogen-bond acceptors (Lipinski definition) is 4. The largest absolute Gasteiger partial charge is 0.490 e. The van der Waals surface area contributed by atoms with Crippen molar-refractivity contribution in [3.63, 3.8) is 0 Å². The summed E-state index contributed by atoms with van der Waals surface area (Å²) in [6, 6.07) is 5.85. The van der Waals surface area contributed by atoms with Gasteiger partial charge in [-0.1, -0.05) is 13.0 Å². The Bertz CT molecular complexity index is 520. The average Bonchev–Trinajstić information content (AvgIpc) is 2.67. The Morgan fingerprint density at radius 1 is 1.32 bits per heavy atom. The molecule has 1 aromatic carbocycles. The van der Waals surface area contributed by atoms with Crippen molar-refractivity contribution in [2.45, 2.75) is 19.9 Å². The Morgan fingerprint density at radius 2 is 2.05 bits per heavy atom. The quantitative estimate of drug-likeness (QED) is 0.885. The Balaban J connectivity index is 0.00000176. The smallest absolute Gasteiger partial charge is 0.223 e. The molecular weight excluding hydrogens is 304 g/mol. The second-order valence-corrected chi connectivity index (χ2v) is 5.76. The van der Waals surface area contributed by atoms with Crippen LogP contribution >= 0.6 is 12.4 Å². The van der Waals surface area contributed by atoms with Gasteiger partial charge in [-0.25, -0.2) is 0 Å². The van der Waals surface area contributed by atoms with E-state index in [9.17, 15) is 4.79 Å². The molecule has 6 heteroatoms. The zero-order chi connectivity index (χ0) is 14.7. The first-order valence-electron chi connectivity index (χ1n) is 7.61. The molecule has 3 rings (SSSR count). The van der Waals surface area contributed by atoms with Crippen LogP contribution in [0, 0.1) is 11.8 Å². The van der Waals surface area contributed by atoms with Gasteiger partial charge in [0.15, 0.2) is 11.5 Å². The van der Waals surface area contributed by atoms with E-state index in [0.717, 1.165) is 36.6 Å².